The van der Waals surface area contributed by atoms with Crippen molar-refractivity contribution >= 4 is 5.91 Å². The van der Waals surface area contributed by atoms with Crippen molar-refractivity contribution in [3.05, 3.63) is 29.2 Å². The third-order valence-corrected chi connectivity index (χ3v) is 3.44. The Hall–Kier alpha value is -2.52. The van der Waals surface area contributed by atoms with Gasteiger partial charge in [0, 0.05) is 26.2 Å². The molecule has 0 saturated heterocycles. The molecule has 138 valence electrons. The number of alkyl halides is 3. The Labute approximate surface area is 142 Å². The van der Waals surface area contributed by atoms with E-state index in [4.69, 9.17) is 4.74 Å². The number of carbonyl (C=O) groups is 1. The summed E-state index contributed by atoms with van der Waals surface area (Å²) in [5.41, 5.74) is -0.636. The number of hydrogen-bond acceptors (Lipinski definition) is 4. The molecule has 1 unspecified atom stereocenters. The van der Waals surface area contributed by atoms with Crippen molar-refractivity contribution in [1.82, 2.24) is 24.9 Å². The molecule has 25 heavy (non-hydrogen) atoms. The highest BCUT2D eigenvalue weighted by molar-refractivity contribution is 5.92. The molecule has 0 aliphatic carbocycles. The zero-order valence-electron chi connectivity index (χ0n) is 14.5. The third kappa shape index (κ3) is 4.31. The van der Waals surface area contributed by atoms with Crippen molar-refractivity contribution in [2.75, 3.05) is 0 Å². The van der Waals surface area contributed by atoms with Gasteiger partial charge < -0.3 is 10.1 Å². The summed E-state index contributed by atoms with van der Waals surface area (Å²) < 4.78 is 46.0. The molecule has 0 saturated carbocycles. The average molecular weight is 359 g/mol. The molecule has 1 atom stereocenters. The standard InChI is InChI=1S/C15H20F3N5O2/c1-8(2)25-13-7-10(22(4)21-13)9(3)19-14(24)11-6-12(15(16,17)18)20-23(11)5/h6-9H,1-5H3,(H,19,24). The lowest BCUT2D eigenvalue weighted by atomic mass is 10.2. The number of amides is 1. The Kier molecular flexibility index (Phi) is 5.09. The number of rotatable bonds is 5. The summed E-state index contributed by atoms with van der Waals surface area (Å²) in [7, 11) is 2.98. The normalized spacial score (nSPS) is 13.2. The van der Waals surface area contributed by atoms with Crippen LogP contribution in [0.5, 0.6) is 5.88 Å². The van der Waals surface area contributed by atoms with Crippen LogP contribution >= 0.6 is 0 Å². The van der Waals surface area contributed by atoms with Gasteiger partial charge in [-0.1, -0.05) is 0 Å². The minimum Gasteiger partial charge on any atom is -0.474 e. The van der Waals surface area contributed by atoms with Gasteiger partial charge >= 0.3 is 6.18 Å². The second kappa shape index (κ2) is 6.77. The van der Waals surface area contributed by atoms with Crippen LogP contribution in [-0.2, 0) is 20.3 Å². The molecule has 2 aromatic heterocycles. The molecule has 0 bridgehead atoms. The van der Waals surface area contributed by atoms with Gasteiger partial charge in [0.15, 0.2) is 5.69 Å². The number of carbonyl (C=O) groups excluding carboxylic acids is 1. The zero-order valence-corrected chi connectivity index (χ0v) is 14.5. The van der Waals surface area contributed by atoms with Crippen molar-refractivity contribution < 1.29 is 22.7 Å². The Bertz CT molecular complexity index is 764. The second-order valence-electron chi connectivity index (χ2n) is 5.93. The van der Waals surface area contributed by atoms with Crippen LogP contribution in [0.3, 0.4) is 0 Å². The number of ether oxygens (including phenoxy) is 1. The minimum atomic E-state index is -4.60. The van der Waals surface area contributed by atoms with Crippen LogP contribution in [0.15, 0.2) is 12.1 Å². The first-order chi connectivity index (χ1) is 11.5. The Morgan fingerprint density at radius 1 is 1.16 bits per heavy atom. The second-order valence-corrected chi connectivity index (χ2v) is 5.93. The van der Waals surface area contributed by atoms with Crippen LogP contribution in [0.1, 0.15) is 48.7 Å². The van der Waals surface area contributed by atoms with E-state index in [0.29, 0.717) is 11.6 Å². The summed E-state index contributed by atoms with van der Waals surface area (Å²) in [6.07, 6.45) is -4.66. The molecular weight excluding hydrogens is 339 g/mol. The highest BCUT2D eigenvalue weighted by atomic mass is 19.4. The predicted octanol–water partition coefficient (Wildman–Crippen LogP) is 2.45. The molecule has 2 heterocycles. The van der Waals surface area contributed by atoms with Crippen LogP contribution < -0.4 is 10.1 Å². The van der Waals surface area contributed by atoms with Crippen molar-refractivity contribution in [3.8, 4) is 5.88 Å². The van der Waals surface area contributed by atoms with Crippen LogP contribution in [0.2, 0.25) is 0 Å². The number of aryl methyl sites for hydroxylation is 2. The number of aromatic nitrogens is 4. The van der Waals surface area contributed by atoms with E-state index in [1.807, 2.05) is 13.8 Å². The van der Waals surface area contributed by atoms with E-state index in [0.717, 1.165) is 10.7 Å². The van der Waals surface area contributed by atoms with E-state index < -0.39 is 23.8 Å². The van der Waals surface area contributed by atoms with E-state index in [2.05, 4.69) is 15.5 Å². The van der Waals surface area contributed by atoms with Gasteiger partial charge in [-0.2, -0.15) is 18.3 Å². The van der Waals surface area contributed by atoms with E-state index >= 15 is 0 Å². The van der Waals surface area contributed by atoms with E-state index in [-0.39, 0.29) is 11.8 Å². The monoisotopic (exact) mass is 359 g/mol. The zero-order chi connectivity index (χ0) is 18.9. The maximum Gasteiger partial charge on any atom is 0.435 e. The van der Waals surface area contributed by atoms with E-state index in [1.54, 1.807) is 24.7 Å². The molecule has 1 N–H and O–H groups in total. The summed E-state index contributed by atoms with van der Waals surface area (Å²) in [4.78, 5) is 12.3. The predicted molar refractivity (Wildman–Crippen MR) is 83.1 cm³/mol. The van der Waals surface area contributed by atoms with E-state index in [9.17, 15) is 18.0 Å². The summed E-state index contributed by atoms with van der Waals surface area (Å²) in [6.45, 7) is 5.43. The molecule has 0 aliphatic rings. The molecule has 2 rings (SSSR count). The summed E-state index contributed by atoms with van der Waals surface area (Å²) in [6, 6.07) is 1.91. The number of nitrogens with zero attached hydrogens (tertiary/aromatic N) is 4. The first-order valence-electron chi connectivity index (χ1n) is 7.61. The van der Waals surface area contributed by atoms with Crippen molar-refractivity contribution in [2.24, 2.45) is 14.1 Å². The summed E-state index contributed by atoms with van der Waals surface area (Å²) in [5.74, 6) is -0.251. The Morgan fingerprint density at radius 3 is 2.32 bits per heavy atom. The van der Waals surface area contributed by atoms with E-state index in [1.165, 1.54) is 7.05 Å². The fourth-order valence-corrected chi connectivity index (χ4v) is 2.32. The topological polar surface area (TPSA) is 74.0 Å². The molecule has 2 aromatic rings. The van der Waals surface area contributed by atoms with Crippen molar-refractivity contribution in [3.63, 3.8) is 0 Å². The molecule has 0 spiro atoms. The lowest BCUT2D eigenvalue weighted by Gasteiger charge is -2.13. The van der Waals surface area contributed by atoms with Gasteiger partial charge in [0.1, 0.15) is 5.69 Å². The third-order valence-electron chi connectivity index (χ3n) is 3.44. The lowest BCUT2D eigenvalue weighted by Crippen LogP contribution is -2.29. The number of nitrogens with one attached hydrogen (secondary N) is 1. The first-order valence-corrected chi connectivity index (χ1v) is 7.61. The quantitative estimate of drug-likeness (QED) is 0.890. The molecule has 10 heteroatoms. The maximum absolute atomic E-state index is 12.7. The first kappa shape index (κ1) is 18.8. The molecule has 0 aliphatic heterocycles. The number of hydrogen-bond donors (Lipinski definition) is 1. The highest BCUT2D eigenvalue weighted by Gasteiger charge is 2.35. The Morgan fingerprint density at radius 2 is 1.80 bits per heavy atom. The summed E-state index contributed by atoms with van der Waals surface area (Å²) >= 11 is 0. The lowest BCUT2D eigenvalue weighted by molar-refractivity contribution is -0.141. The van der Waals surface area contributed by atoms with Crippen molar-refractivity contribution in [1.29, 1.82) is 0 Å². The van der Waals surface area contributed by atoms with Crippen LogP contribution in [0.4, 0.5) is 13.2 Å². The van der Waals surface area contributed by atoms with Gasteiger partial charge in [0.05, 0.1) is 17.8 Å². The van der Waals surface area contributed by atoms with Gasteiger partial charge in [0.2, 0.25) is 5.88 Å². The number of halogens is 3. The molecule has 0 radical (unpaired) electrons. The molecule has 7 nitrogen and oxygen atoms in total. The van der Waals surface area contributed by atoms with Gasteiger partial charge in [-0.15, -0.1) is 5.10 Å². The molecule has 0 aromatic carbocycles. The smallest absolute Gasteiger partial charge is 0.435 e. The van der Waals surface area contributed by atoms with Gasteiger partial charge in [0.25, 0.3) is 5.91 Å². The van der Waals surface area contributed by atoms with Gasteiger partial charge in [-0.05, 0) is 20.8 Å². The fourth-order valence-electron chi connectivity index (χ4n) is 2.32. The summed E-state index contributed by atoms with van der Waals surface area (Å²) in [5, 5.41) is 10.2. The van der Waals surface area contributed by atoms with Crippen LogP contribution in [0, 0.1) is 0 Å². The van der Waals surface area contributed by atoms with Crippen LogP contribution in [0.25, 0.3) is 0 Å². The molecule has 0 fully saturated rings. The minimum absolute atomic E-state index is 0.0529. The van der Waals surface area contributed by atoms with Gasteiger partial charge in [-0.3, -0.25) is 14.2 Å². The molecular formula is C15H20F3N5O2. The molecule has 1 amide bonds. The highest BCUT2D eigenvalue weighted by Crippen LogP contribution is 2.28. The Balaban J connectivity index is 2.15. The fraction of sp³-hybridized carbons (Fsp3) is 0.533. The van der Waals surface area contributed by atoms with Gasteiger partial charge in [-0.25, -0.2) is 0 Å². The van der Waals surface area contributed by atoms with Crippen LogP contribution in [-0.4, -0.2) is 31.6 Å². The maximum atomic E-state index is 12.7. The average Bonchev–Trinajstić information content (AvgIpc) is 3.00. The largest absolute Gasteiger partial charge is 0.474 e. The SMILES string of the molecule is CC(C)Oc1cc(C(C)NC(=O)c2cc(C(F)(F)F)nn2C)n(C)n1. The van der Waals surface area contributed by atoms with Crippen molar-refractivity contribution in [2.45, 2.75) is 39.1 Å².